The Balaban J connectivity index is 2.20. The third kappa shape index (κ3) is 2.88. The predicted molar refractivity (Wildman–Crippen MR) is 71.5 cm³/mol. The fourth-order valence-corrected chi connectivity index (χ4v) is 2.22. The van der Waals surface area contributed by atoms with Crippen LogP contribution >= 0.6 is 0 Å². The maximum Gasteiger partial charge on any atom is 0.145 e. The zero-order valence-electron chi connectivity index (χ0n) is 11.0. The van der Waals surface area contributed by atoms with Crippen molar-refractivity contribution in [1.29, 1.82) is 0 Å². The number of hydrogen-bond donors (Lipinski definition) is 2. The fraction of sp³-hybridized carbons (Fsp3) is 0.667. The molecule has 0 bridgehead atoms. The van der Waals surface area contributed by atoms with Gasteiger partial charge in [-0.2, -0.15) is 0 Å². The molecule has 0 amide bonds. The minimum Gasteiger partial charge on any atom is -0.380 e. The van der Waals surface area contributed by atoms with E-state index in [0.717, 1.165) is 44.0 Å². The van der Waals surface area contributed by atoms with Gasteiger partial charge in [0.1, 0.15) is 17.5 Å². The topological polar surface area (TPSA) is 76.3 Å². The molecule has 0 spiro atoms. The number of nitrogens with one attached hydrogen (secondary N) is 1. The van der Waals surface area contributed by atoms with E-state index in [1.165, 1.54) is 0 Å². The van der Waals surface area contributed by atoms with E-state index in [1.807, 2.05) is 13.0 Å². The van der Waals surface area contributed by atoms with E-state index in [-0.39, 0.29) is 6.10 Å². The Labute approximate surface area is 108 Å². The number of nitrogens with two attached hydrogens (primary N) is 1. The lowest BCUT2D eigenvalue weighted by molar-refractivity contribution is 0.0891. The predicted octanol–water partition coefficient (Wildman–Crippen LogP) is 0.940. The Kier molecular flexibility index (Phi) is 4.33. The Morgan fingerprint density at radius 2 is 2.39 bits per heavy atom. The van der Waals surface area contributed by atoms with Gasteiger partial charge >= 0.3 is 0 Å². The van der Waals surface area contributed by atoms with Crippen molar-refractivity contribution < 1.29 is 4.74 Å². The van der Waals surface area contributed by atoms with Crippen LogP contribution in [0.2, 0.25) is 0 Å². The zero-order valence-corrected chi connectivity index (χ0v) is 11.0. The number of aryl methyl sites for hydroxylation is 1. The molecule has 1 aromatic rings. The lowest BCUT2D eigenvalue weighted by atomic mass is 10.1. The number of anilines is 2. The first-order chi connectivity index (χ1) is 8.76. The second-order valence-corrected chi connectivity index (χ2v) is 4.47. The molecule has 0 aromatic carbocycles. The van der Waals surface area contributed by atoms with Crippen molar-refractivity contribution in [2.75, 3.05) is 30.5 Å². The number of rotatable bonds is 4. The van der Waals surface area contributed by atoms with E-state index < -0.39 is 0 Å². The Hall–Kier alpha value is -1.40. The molecule has 0 radical (unpaired) electrons. The molecule has 3 N–H and O–H groups in total. The Bertz CT molecular complexity index is 376. The molecule has 1 fully saturated rings. The van der Waals surface area contributed by atoms with Crippen LogP contribution < -0.4 is 16.2 Å². The van der Waals surface area contributed by atoms with Gasteiger partial charge in [-0.25, -0.2) is 15.8 Å². The molecule has 6 nitrogen and oxygen atoms in total. The third-order valence-corrected chi connectivity index (χ3v) is 3.26. The maximum absolute atomic E-state index is 5.44. The number of hydrazine groups is 1. The number of ether oxygens (including phenoxy) is 1. The monoisotopic (exact) mass is 251 g/mol. The zero-order chi connectivity index (χ0) is 13.0. The standard InChI is InChI=1S/C12H21N5O/c1-3-10-14-11(16-13)7-12(15-10)17-6-4-5-9(8-17)18-2/h7,9H,3-6,8,13H2,1-2H3,(H,14,15,16). The van der Waals surface area contributed by atoms with E-state index in [9.17, 15) is 0 Å². The van der Waals surface area contributed by atoms with E-state index >= 15 is 0 Å². The summed E-state index contributed by atoms with van der Waals surface area (Å²) in [6, 6.07) is 1.89. The van der Waals surface area contributed by atoms with Gasteiger partial charge < -0.3 is 15.1 Å². The number of nitrogens with zero attached hydrogens (tertiary/aromatic N) is 3. The fourth-order valence-electron chi connectivity index (χ4n) is 2.22. The summed E-state index contributed by atoms with van der Waals surface area (Å²) in [5.41, 5.74) is 2.60. The van der Waals surface area contributed by atoms with E-state index in [4.69, 9.17) is 10.6 Å². The smallest absolute Gasteiger partial charge is 0.145 e. The third-order valence-electron chi connectivity index (χ3n) is 3.26. The highest BCUT2D eigenvalue weighted by Crippen LogP contribution is 2.21. The first-order valence-electron chi connectivity index (χ1n) is 6.39. The SMILES string of the molecule is CCc1nc(NN)cc(N2CCCC(OC)C2)n1. The van der Waals surface area contributed by atoms with E-state index in [2.05, 4.69) is 20.3 Å². The van der Waals surface area contributed by atoms with Gasteiger partial charge in [0.2, 0.25) is 0 Å². The van der Waals surface area contributed by atoms with Crippen LogP contribution in [0.4, 0.5) is 11.6 Å². The highest BCUT2D eigenvalue weighted by atomic mass is 16.5. The molecule has 0 saturated carbocycles. The molecular weight excluding hydrogens is 230 g/mol. The Morgan fingerprint density at radius 1 is 1.56 bits per heavy atom. The molecule has 1 aromatic heterocycles. The summed E-state index contributed by atoms with van der Waals surface area (Å²) in [6.45, 7) is 3.91. The number of methoxy groups -OCH3 is 1. The average Bonchev–Trinajstić information content (AvgIpc) is 2.46. The van der Waals surface area contributed by atoms with Crippen LogP contribution in [0.3, 0.4) is 0 Å². The Morgan fingerprint density at radius 3 is 3.06 bits per heavy atom. The van der Waals surface area contributed by atoms with Gasteiger partial charge in [0.15, 0.2) is 0 Å². The van der Waals surface area contributed by atoms with Gasteiger partial charge in [-0.3, -0.25) is 0 Å². The van der Waals surface area contributed by atoms with Gasteiger partial charge in [-0.05, 0) is 12.8 Å². The summed E-state index contributed by atoms with van der Waals surface area (Å²) in [6.07, 6.45) is 3.31. The molecule has 18 heavy (non-hydrogen) atoms. The molecule has 1 saturated heterocycles. The number of piperidine rings is 1. The van der Waals surface area contributed by atoms with Crippen LogP contribution in [-0.2, 0) is 11.2 Å². The number of hydrogen-bond acceptors (Lipinski definition) is 6. The highest BCUT2D eigenvalue weighted by molar-refractivity contribution is 5.49. The van der Waals surface area contributed by atoms with Crippen molar-refractivity contribution >= 4 is 11.6 Å². The molecule has 100 valence electrons. The largest absolute Gasteiger partial charge is 0.380 e. The van der Waals surface area contributed by atoms with Crippen LogP contribution in [0.25, 0.3) is 0 Å². The molecule has 1 atom stereocenters. The van der Waals surface area contributed by atoms with Crippen LogP contribution in [0.1, 0.15) is 25.6 Å². The molecular formula is C12H21N5O. The molecule has 6 heteroatoms. The number of aromatic nitrogens is 2. The first kappa shape index (κ1) is 13.0. The van der Waals surface area contributed by atoms with Crippen molar-refractivity contribution in [3.8, 4) is 0 Å². The lowest BCUT2D eigenvalue weighted by Gasteiger charge is -2.33. The summed E-state index contributed by atoms with van der Waals surface area (Å²) in [4.78, 5) is 11.1. The first-order valence-corrected chi connectivity index (χ1v) is 6.39. The second kappa shape index (κ2) is 5.97. The summed E-state index contributed by atoms with van der Waals surface area (Å²) in [5.74, 6) is 7.84. The number of nitrogen functional groups attached to an aromatic ring is 1. The minimum absolute atomic E-state index is 0.285. The van der Waals surface area contributed by atoms with Gasteiger partial charge in [-0.1, -0.05) is 6.92 Å². The van der Waals surface area contributed by atoms with Crippen molar-refractivity contribution in [3.63, 3.8) is 0 Å². The summed E-state index contributed by atoms with van der Waals surface area (Å²) in [7, 11) is 1.76. The summed E-state index contributed by atoms with van der Waals surface area (Å²) >= 11 is 0. The summed E-state index contributed by atoms with van der Waals surface area (Å²) in [5, 5.41) is 0. The lowest BCUT2D eigenvalue weighted by Crippen LogP contribution is -2.39. The van der Waals surface area contributed by atoms with Gasteiger partial charge in [0.25, 0.3) is 0 Å². The average molecular weight is 251 g/mol. The van der Waals surface area contributed by atoms with Crippen LogP contribution in [0, 0.1) is 0 Å². The van der Waals surface area contributed by atoms with Gasteiger partial charge in [0, 0.05) is 32.7 Å². The quantitative estimate of drug-likeness (QED) is 0.612. The van der Waals surface area contributed by atoms with Crippen LogP contribution in [-0.4, -0.2) is 36.3 Å². The van der Waals surface area contributed by atoms with Crippen LogP contribution in [0.5, 0.6) is 0 Å². The minimum atomic E-state index is 0.285. The van der Waals surface area contributed by atoms with Crippen LogP contribution in [0.15, 0.2) is 6.07 Å². The van der Waals surface area contributed by atoms with Crippen molar-refractivity contribution in [2.24, 2.45) is 5.84 Å². The molecule has 2 heterocycles. The molecule has 2 rings (SSSR count). The summed E-state index contributed by atoms with van der Waals surface area (Å²) < 4.78 is 5.43. The maximum atomic E-state index is 5.44. The van der Waals surface area contributed by atoms with Crippen molar-refractivity contribution in [3.05, 3.63) is 11.9 Å². The van der Waals surface area contributed by atoms with Gasteiger partial charge in [0.05, 0.1) is 6.10 Å². The molecule has 1 aliphatic rings. The van der Waals surface area contributed by atoms with Gasteiger partial charge in [-0.15, -0.1) is 0 Å². The molecule has 0 aliphatic carbocycles. The van der Waals surface area contributed by atoms with E-state index in [0.29, 0.717) is 5.82 Å². The molecule has 1 unspecified atom stereocenters. The second-order valence-electron chi connectivity index (χ2n) is 4.47. The molecule has 1 aliphatic heterocycles. The van der Waals surface area contributed by atoms with Crippen molar-refractivity contribution in [1.82, 2.24) is 9.97 Å². The highest BCUT2D eigenvalue weighted by Gasteiger charge is 2.21. The normalized spacial score (nSPS) is 19.9. The van der Waals surface area contributed by atoms with E-state index in [1.54, 1.807) is 7.11 Å². The van der Waals surface area contributed by atoms with Crippen molar-refractivity contribution in [2.45, 2.75) is 32.3 Å².